The van der Waals surface area contributed by atoms with Gasteiger partial charge in [-0.2, -0.15) is 15.5 Å². The minimum absolute atomic E-state index is 0.0618. The van der Waals surface area contributed by atoms with Gasteiger partial charge in [0.15, 0.2) is 5.54 Å². The summed E-state index contributed by atoms with van der Waals surface area (Å²) >= 11 is 0. The van der Waals surface area contributed by atoms with Crippen LogP contribution in [0.4, 0.5) is 5.69 Å². The van der Waals surface area contributed by atoms with Crippen LogP contribution < -0.4 is 4.72 Å². The quantitative estimate of drug-likeness (QED) is 0.417. The molecule has 0 fully saturated rings. The van der Waals surface area contributed by atoms with Crippen LogP contribution in [0, 0.1) is 17.2 Å². The number of hydrogen-bond donors (Lipinski definition) is 1. The number of aromatic nitrogens is 1. The van der Waals surface area contributed by atoms with Gasteiger partial charge < -0.3 is 0 Å². The molecule has 1 aromatic heterocycles. The van der Waals surface area contributed by atoms with Crippen molar-refractivity contribution in [2.24, 2.45) is 21.1 Å². The number of dihydropyridines is 1. The maximum atomic E-state index is 13.0. The number of benzene rings is 2. The van der Waals surface area contributed by atoms with E-state index in [9.17, 15) is 13.7 Å². The second-order valence-electron chi connectivity index (χ2n) is 10.5. The molecule has 1 spiro atoms. The molecule has 1 N–H and O–H groups in total. The number of nitriles is 1. The third-order valence-electron chi connectivity index (χ3n) is 7.45. The van der Waals surface area contributed by atoms with E-state index in [1.165, 1.54) is 18.3 Å². The highest BCUT2D eigenvalue weighted by Crippen LogP contribution is 2.46. The highest BCUT2D eigenvalue weighted by Gasteiger charge is 2.47. The van der Waals surface area contributed by atoms with Gasteiger partial charge in [0.2, 0.25) is 0 Å². The number of allylic oxidation sites excluding steroid dienone is 3. The largest absolute Gasteiger partial charge is 0.278 e. The van der Waals surface area contributed by atoms with Gasteiger partial charge in [-0.25, -0.2) is 13.4 Å². The molecule has 40 heavy (non-hydrogen) atoms. The average Bonchev–Trinajstić information content (AvgIpc) is 3.39. The van der Waals surface area contributed by atoms with Gasteiger partial charge >= 0.3 is 0 Å². The predicted molar refractivity (Wildman–Crippen MR) is 154 cm³/mol. The first-order valence-corrected chi connectivity index (χ1v) is 14.4. The zero-order valence-corrected chi connectivity index (χ0v) is 22.8. The fraction of sp³-hybridized carbons (Fsp3) is 0.194. The Labute approximate surface area is 233 Å². The Bertz CT molecular complexity index is 1800. The van der Waals surface area contributed by atoms with E-state index >= 15 is 0 Å². The fourth-order valence-electron chi connectivity index (χ4n) is 5.14. The first-order valence-electron chi connectivity index (χ1n) is 12.9. The van der Waals surface area contributed by atoms with Gasteiger partial charge in [-0.1, -0.05) is 54.6 Å². The number of nitrogens with one attached hydrogen (secondary N) is 1. The molecule has 198 valence electrons. The van der Waals surface area contributed by atoms with Crippen molar-refractivity contribution in [1.82, 2.24) is 4.98 Å². The fourth-order valence-corrected chi connectivity index (χ4v) is 6.19. The molecule has 0 bridgehead atoms. The van der Waals surface area contributed by atoms with Crippen LogP contribution in [0.2, 0.25) is 0 Å². The van der Waals surface area contributed by atoms with Crippen molar-refractivity contribution in [3.05, 3.63) is 120 Å². The molecule has 3 aliphatic rings. The molecule has 0 saturated carbocycles. The monoisotopic (exact) mass is 546 g/mol. The van der Waals surface area contributed by atoms with Crippen LogP contribution in [-0.4, -0.2) is 31.2 Å². The molecule has 0 saturated heterocycles. The summed E-state index contributed by atoms with van der Waals surface area (Å²) in [4.78, 5) is 9.59. The highest BCUT2D eigenvalue weighted by molar-refractivity contribution is 7.92. The zero-order chi connectivity index (χ0) is 28.0. The molecule has 3 heterocycles. The van der Waals surface area contributed by atoms with Crippen LogP contribution in [-0.2, 0) is 15.4 Å². The van der Waals surface area contributed by atoms with Crippen LogP contribution in [0.15, 0.2) is 123 Å². The standard InChI is InChI=1S/C31H26N6O2S/c1-30(2,20-32)23-13-11-21(12-14-23)27-16-31-24(18-34-37-31)7-6-10-28(31)35-29(27)22-15-25(19-33-17-22)36-40(38,39)26-8-4-3-5-9-26/h3-17,19,24,36H,18H2,1-2H3. The molecule has 1 aliphatic carbocycles. The summed E-state index contributed by atoms with van der Waals surface area (Å²) in [6.07, 6.45) is 11.3. The summed E-state index contributed by atoms with van der Waals surface area (Å²) in [6.45, 7) is 4.35. The highest BCUT2D eigenvalue weighted by atomic mass is 32.2. The molecule has 2 aliphatic heterocycles. The Morgan fingerprint density at radius 1 is 1.05 bits per heavy atom. The average molecular weight is 547 g/mol. The SMILES string of the molecule is CC(C)(C#N)c1ccc(C2=CC34N=NCC3C=CC=C4N=C2c2cncc(NS(=O)(=O)c3ccccc3)c2)cc1. The number of hydrogen-bond acceptors (Lipinski definition) is 7. The van der Waals surface area contributed by atoms with Crippen LogP contribution >= 0.6 is 0 Å². The number of aliphatic imine (C=N–C) groups is 1. The number of rotatable bonds is 6. The summed E-state index contributed by atoms with van der Waals surface area (Å²) < 4.78 is 28.6. The maximum absolute atomic E-state index is 13.0. The molecule has 2 unspecified atom stereocenters. The Morgan fingerprint density at radius 2 is 1.82 bits per heavy atom. The number of azo groups is 1. The molecule has 6 rings (SSSR count). The van der Waals surface area contributed by atoms with E-state index in [-0.39, 0.29) is 10.8 Å². The Hall–Kier alpha value is -4.68. The molecule has 8 nitrogen and oxygen atoms in total. The summed E-state index contributed by atoms with van der Waals surface area (Å²) in [5.74, 6) is 0.0618. The molecule has 0 radical (unpaired) electrons. The van der Waals surface area contributed by atoms with Crippen molar-refractivity contribution in [1.29, 1.82) is 5.26 Å². The summed E-state index contributed by atoms with van der Waals surface area (Å²) in [6, 6.07) is 20.2. The molecule has 3 aromatic rings. The van der Waals surface area contributed by atoms with Gasteiger partial charge in [0.1, 0.15) is 0 Å². The van der Waals surface area contributed by atoms with E-state index in [1.54, 1.807) is 30.5 Å². The molecule has 2 atom stereocenters. The summed E-state index contributed by atoms with van der Waals surface area (Å²) in [5.41, 5.74) is 3.72. The van der Waals surface area contributed by atoms with Gasteiger partial charge in [0.25, 0.3) is 10.0 Å². The first-order chi connectivity index (χ1) is 19.2. The van der Waals surface area contributed by atoms with Crippen LogP contribution in [0.5, 0.6) is 0 Å². The number of nitrogens with zero attached hydrogens (tertiary/aromatic N) is 5. The lowest BCUT2D eigenvalue weighted by Gasteiger charge is -2.34. The summed E-state index contributed by atoms with van der Waals surface area (Å²) in [7, 11) is -3.80. The van der Waals surface area contributed by atoms with Crippen LogP contribution in [0.3, 0.4) is 0 Å². The van der Waals surface area contributed by atoms with Gasteiger partial charge in [0.05, 0.1) is 46.2 Å². The van der Waals surface area contributed by atoms with Crippen molar-refractivity contribution in [2.45, 2.75) is 29.7 Å². The van der Waals surface area contributed by atoms with Gasteiger partial charge in [0, 0.05) is 23.3 Å². The topological polar surface area (TPSA) is 120 Å². The lowest BCUT2D eigenvalue weighted by molar-refractivity contribution is 0.507. The van der Waals surface area contributed by atoms with Crippen molar-refractivity contribution in [2.75, 3.05) is 11.3 Å². The minimum atomic E-state index is -3.80. The lowest BCUT2D eigenvalue weighted by atomic mass is 9.74. The third kappa shape index (κ3) is 4.36. The Morgan fingerprint density at radius 3 is 2.58 bits per heavy atom. The van der Waals surface area contributed by atoms with E-state index < -0.39 is 21.0 Å². The van der Waals surface area contributed by atoms with Crippen molar-refractivity contribution >= 4 is 27.0 Å². The Balaban J connectivity index is 1.44. The minimum Gasteiger partial charge on any atom is -0.278 e. The Kier molecular flexibility index (Phi) is 6.08. The predicted octanol–water partition coefficient (Wildman–Crippen LogP) is 5.84. The van der Waals surface area contributed by atoms with E-state index in [4.69, 9.17) is 4.99 Å². The lowest BCUT2D eigenvalue weighted by Crippen LogP contribution is -2.37. The second-order valence-corrected chi connectivity index (χ2v) is 12.2. The van der Waals surface area contributed by atoms with E-state index in [0.717, 1.165) is 22.4 Å². The smallest absolute Gasteiger partial charge is 0.261 e. The van der Waals surface area contributed by atoms with Crippen molar-refractivity contribution in [3.63, 3.8) is 0 Å². The number of anilines is 1. The van der Waals surface area contributed by atoms with E-state index in [2.05, 4.69) is 38.2 Å². The van der Waals surface area contributed by atoms with Gasteiger partial charge in [-0.3, -0.25) is 9.71 Å². The molecular formula is C31H26N6O2S. The first kappa shape index (κ1) is 25.6. The second kappa shape index (κ2) is 9.50. The van der Waals surface area contributed by atoms with Crippen LogP contribution in [0.1, 0.15) is 30.5 Å². The van der Waals surface area contributed by atoms with Gasteiger partial charge in [-0.15, -0.1) is 0 Å². The van der Waals surface area contributed by atoms with E-state index in [1.807, 2.05) is 50.3 Å². The van der Waals surface area contributed by atoms with E-state index in [0.29, 0.717) is 23.5 Å². The molecule has 2 aromatic carbocycles. The van der Waals surface area contributed by atoms with Crippen LogP contribution in [0.25, 0.3) is 5.57 Å². The molecular weight excluding hydrogens is 520 g/mol. The number of sulfonamides is 1. The maximum Gasteiger partial charge on any atom is 0.261 e. The summed E-state index contributed by atoms with van der Waals surface area (Å²) in [5, 5.41) is 18.6. The third-order valence-corrected chi connectivity index (χ3v) is 8.85. The van der Waals surface area contributed by atoms with Crippen molar-refractivity contribution < 1.29 is 8.42 Å². The normalized spacial score (nSPS) is 21.4. The zero-order valence-electron chi connectivity index (χ0n) is 22.0. The number of pyridine rings is 1. The molecule has 9 heteroatoms. The van der Waals surface area contributed by atoms with Gasteiger partial charge in [-0.05, 0) is 55.3 Å². The molecule has 0 amide bonds. The van der Waals surface area contributed by atoms with Crippen molar-refractivity contribution in [3.8, 4) is 6.07 Å².